The summed E-state index contributed by atoms with van der Waals surface area (Å²) in [7, 11) is 3.27. The first kappa shape index (κ1) is 19.1. The highest BCUT2D eigenvalue weighted by Crippen LogP contribution is 2.42. The molecule has 1 aliphatic heterocycles. The maximum atomic E-state index is 12.6. The van der Waals surface area contributed by atoms with Gasteiger partial charge in [-0.25, -0.2) is 4.98 Å². The molecule has 152 valence electrons. The van der Waals surface area contributed by atoms with Crippen LogP contribution in [0.25, 0.3) is 15.3 Å². The van der Waals surface area contributed by atoms with Crippen molar-refractivity contribution in [2.75, 3.05) is 19.5 Å². The number of anilines is 1. The summed E-state index contributed by atoms with van der Waals surface area (Å²) in [6, 6.07) is 11.6. The summed E-state index contributed by atoms with van der Waals surface area (Å²) in [6.45, 7) is 0. The maximum absolute atomic E-state index is 12.6. The van der Waals surface area contributed by atoms with Crippen molar-refractivity contribution >= 4 is 49.2 Å². The molecule has 1 unspecified atom stereocenters. The number of rotatable bonds is 4. The minimum absolute atomic E-state index is 0.0703. The normalized spacial score (nSPS) is 15.7. The molecule has 7 nitrogen and oxygen atoms in total. The summed E-state index contributed by atoms with van der Waals surface area (Å²) in [5, 5.41) is 8.22. The number of thiazole rings is 1. The number of nitrogens with zero attached hydrogens (tertiary/aromatic N) is 3. The number of hydrogen-bond donors (Lipinski definition) is 1. The monoisotopic (exact) mass is 484 g/mol. The van der Waals surface area contributed by atoms with E-state index in [1.54, 1.807) is 25.1 Å². The summed E-state index contributed by atoms with van der Waals surface area (Å²) < 4.78 is 14.5. The molecule has 0 bridgehead atoms. The van der Waals surface area contributed by atoms with Crippen molar-refractivity contribution in [1.29, 1.82) is 0 Å². The zero-order valence-electron chi connectivity index (χ0n) is 16.2. The van der Waals surface area contributed by atoms with Gasteiger partial charge in [0.25, 0.3) is 0 Å². The molecule has 2 aromatic heterocycles. The number of methoxy groups -OCH3 is 2. The van der Waals surface area contributed by atoms with Crippen LogP contribution in [0.1, 0.15) is 23.5 Å². The number of fused-ring (bicyclic) bond motifs is 2. The van der Waals surface area contributed by atoms with Crippen LogP contribution < -0.4 is 14.8 Å². The van der Waals surface area contributed by atoms with Gasteiger partial charge in [0, 0.05) is 27.9 Å². The molecular weight excluding hydrogens is 468 g/mol. The molecule has 0 aliphatic carbocycles. The van der Waals surface area contributed by atoms with E-state index in [0.29, 0.717) is 17.4 Å². The molecule has 30 heavy (non-hydrogen) atoms. The molecule has 0 saturated heterocycles. The van der Waals surface area contributed by atoms with E-state index in [0.717, 1.165) is 37.3 Å². The SMILES string of the molecule is COc1ccc2nc(-n3ncc4c3NC(=O)CC4c3cc(Br)ccc3OC)sc2c1. The van der Waals surface area contributed by atoms with Crippen LogP contribution in [-0.2, 0) is 4.79 Å². The first-order valence-electron chi connectivity index (χ1n) is 9.23. The molecule has 0 radical (unpaired) electrons. The van der Waals surface area contributed by atoms with E-state index in [2.05, 4.69) is 31.3 Å². The molecule has 5 rings (SSSR count). The second-order valence-electron chi connectivity index (χ2n) is 6.88. The Morgan fingerprint density at radius 2 is 2.03 bits per heavy atom. The summed E-state index contributed by atoms with van der Waals surface area (Å²) in [5.74, 6) is 1.92. The predicted octanol–water partition coefficient (Wildman–Crippen LogP) is 4.74. The molecule has 0 fully saturated rings. The molecule has 1 amide bonds. The van der Waals surface area contributed by atoms with E-state index in [-0.39, 0.29) is 11.8 Å². The van der Waals surface area contributed by atoms with Crippen molar-refractivity contribution < 1.29 is 14.3 Å². The Balaban J connectivity index is 1.63. The van der Waals surface area contributed by atoms with E-state index in [1.807, 2.05) is 36.4 Å². The zero-order chi connectivity index (χ0) is 20.8. The minimum Gasteiger partial charge on any atom is -0.497 e. The first-order chi connectivity index (χ1) is 14.6. The number of benzene rings is 2. The Morgan fingerprint density at radius 1 is 1.17 bits per heavy atom. The molecule has 3 heterocycles. The van der Waals surface area contributed by atoms with Gasteiger partial charge in [-0.15, -0.1) is 0 Å². The topological polar surface area (TPSA) is 78.3 Å². The number of carbonyl (C=O) groups excluding carboxylic acids is 1. The van der Waals surface area contributed by atoms with Crippen molar-refractivity contribution in [3.8, 4) is 16.6 Å². The average molecular weight is 485 g/mol. The lowest BCUT2D eigenvalue weighted by Gasteiger charge is -2.25. The van der Waals surface area contributed by atoms with Gasteiger partial charge in [0.2, 0.25) is 11.0 Å². The van der Waals surface area contributed by atoms with E-state index in [4.69, 9.17) is 9.47 Å². The number of ether oxygens (including phenoxy) is 2. The summed E-state index contributed by atoms with van der Waals surface area (Å²) >= 11 is 5.02. The molecular formula is C21H17BrN4O3S. The van der Waals surface area contributed by atoms with Gasteiger partial charge in [0.05, 0.1) is 30.6 Å². The molecule has 1 atom stereocenters. The van der Waals surface area contributed by atoms with E-state index in [1.165, 1.54) is 11.3 Å². The quantitative estimate of drug-likeness (QED) is 0.452. The van der Waals surface area contributed by atoms with Crippen molar-refractivity contribution in [3.05, 3.63) is 58.2 Å². The molecule has 0 saturated carbocycles. The number of nitrogens with one attached hydrogen (secondary N) is 1. The maximum Gasteiger partial charge on any atom is 0.226 e. The fraction of sp³-hybridized carbons (Fsp3) is 0.190. The Kier molecular flexibility index (Phi) is 4.71. The number of hydrogen-bond acceptors (Lipinski definition) is 6. The summed E-state index contributed by atoms with van der Waals surface area (Å²) in [4.78, 5) is 17.3. The van der Waals surface area contributed by atoms with Crippen molar-refractivity contribution in [2.24, 2.45) is 0 Å². The predicted molar refractivity (Wildman–Crippen MR) is 119 cm³/mol. The van der Waals surface area contributed by atoms with Gasteiger partial charge in [0.15, 0.2) is 0 Å². The molecule has 1 N–H and O–H groups in total. The zero-order valence-corrected chi connectivity index (χ0v) is 18.6. The van der Waals surface area contributed by atoms with Crippen LogP contribution in [0.5, 0.6) is 11.5 Å². The van der Waals surface area contributed by atoms with Crippen LogP contribution in [0.2, 0.25) is 0 Å². The molecule has 2 aromatic carbocycles. The molecule has 1 aliphatic rings. The lowest BCUT2D eigenvalue weighted by Crippen LogP contribution is -2.24. The Bertz CT molecular complexity index is 1280. The highest BCUT2D eigenvalue weighted by atomic mass is 79.9. The van der Waals surface area contributed by atoms with E-state index < -0.39 is 0 Å². The van der Waals surface area contributed by atoms with Crippen molar-refractivity contribution in [3.63, 3.8) is 0 Å². The lowest BCUT2D eigenvalue weighted by atomic mass is 9.87. The minimum atomic E-state index is -0.163. The summed E-state index contributed by atoms with van der Waals surface area (Å²) in [6.07, 6.45) is 2.12. The summed E-state index contributed by atoms with van der Waals surface area (Å²) in [5.41, 5.74) is 2.73. The second-order valence-corrected chi connectivity index (χ2v) is 8.81. The van der Waals surface area contributed by atoms with Gasteiger partial charge in [-0.05, 0) is 36.4 Å². The second kappa shape index (κ2) is 7.41. The van der Waals surface area contributed by atoms with Gasteiger partial charge in [-0.3, -0.25) is 4.79 Å². The number of amides is 1. The largest absolute Gasteiger partial charge is 0.497 e. The van der Waals surface area contributed by atoms with Crippen LogP contribution >= 0.6 is 27.3 Å². The lowest BCUT2D eigenvalue weighted by molar-refractivity contribution is -0.116. The highest BCUT2D eigenvalue weighted by molar-refractivity contribution is 9.10. The van der Waals surface area contributed by atoms with Gasteiger partial charge < -0.3 is 14.8 Å². The first-order valence-corrected chi connectivity index (χ1v) is 10.8. The van der Waals surface area contributed by atoms with Crippen molar-refractivity contribution in [2.45, 2.75) is 12.3 Å². The van der Waals surface area contributed by atoms with Gasteiger partial charge >= 0.3 is 0 Å². The third kappa shape index (κ3) is 3.14. The Hall–Kier alpha value is -2.91. The Labute approximate surface area is 184 Å². The average Bonchev–Trinajstić information content (AvgIpc) is 3.36. The van der Waals surface area contributed by atoms with Gasteiger partial charge in [-0.2, -0.15) is 9.78 Å². The van der Waals surface area contributed by atoms with Crippen LogP contribution in [-0.4, -0.2) is 34.9 Å². The molecule has 0 spiro atoms. The third-order valence-corrected chi connectivity index (χ3v) is 6.64. The van der Waals surface area contributed by atoms with E-state index in [9.17, 15) is 4.79 Å². The molecule has 4 aromatic rings. The third-order valence-electron chi connectivity index (χ3n) is 5.15. The number of halogens is 1. The van der Waals surface area contributed by atoms with Gasteiger partial charge in [0.1, 0.15) is 17.3 Å². The van der Waals surface area contributed by atoms with Crippen molar-refractivity contribution in [1.82, 2.24) is 14.8 Å². The van der Waals surface area contributed by atoms with Gasteiger partial charge in [-0.1, -0.05) is 27.3 Å². The fourth-order valence-electron chi connectivity index (χ4n) is 3.73. The fourth-order valence-corrected chi connectivity index (χ4v) is 5.07. The number of carbonyl (C=O) groups is 1. The van der Waals surface area contributed by atoms with Crippen LogP contribution in [0.3, 0.4) is 0 Å². The van der Waals surface area contributed by atoms with Crippen LogP contribution in [0.4, 0.5) is 5.82 Å². The van der Waals surface area contributed by atoms with E-state index >= 15 is 0 Å². The molecule has 9 heteroatoms. The number of aromatic nitrogens is 3. The smallest absolute Gasteiger partial charge is 0.226 e. The standard InChI is InChI=1S/C21H17BrN4O3S/c1-28-12-4-5-16-18(8-12)30-21(24-16)26-20-15(10-23-26)13(9-19(27)25-20)14-7-11(22)3-6-17(14)29-2/h3-8,10,13H,9H2,1-2H3,(H,25,27). The Morgan fingerprint density at radius 3 is 2.83 bits per heavy atom. The van der Waals surface area contributed by atoms with Crippen LogP contribution in [0, 0.1) is 0 Å². The highest BCUT2D eigenvalue weighted by Gasteiger charge is 2.32. The van der Waals surface area contributed by atoms with Crippen LogP contribution in [0.15, 0.2) is 47.1 Å².